The summed E-state index contributed by atoms with van der Waals surface area (Å²) in [4.78, 5) is 14.6. The van der Waals surface area contributed by atoms with E-state index in [1.807, 2.05) is 10.3 Å². The smallest absolute Gasteiger partial charge is 0.265 e. The van der Waals surface area contributed by atoms with Crippen LogP contribution in [0.3, 0.4) is 0 Å². The van der Waals surface area contributed by atoms with Gasteiger partial charge in [0.05, 0.1) is 5.02 Å². The normalized spacial score (nSPS) is 21.6. The highest BCUT2D eigenvalue weighted by Crippen LogP contribution is 2.27. The van der Waals surface area contributed by atoms with Crippen molar-refractivity contribution in [3.05, 3.63) is 21.3 Å². The third-order valence-corrected chi connectivity index (χ3v) is 3.95. The van der Waals surface area contributed by atoms with Crippen molar-refractivity contribution in [3.8, 4) is 0 Å². The van der Waals surface area contributed by atoms with Crippen molar-refractivity contribution in [1.29, 1.82) is 0 Å². The molecule has 0 radical (unpaired) electrons. The van der Waals surface area contributed by atoms with Gasteiger partial charge in [-0.1, -0.05) is 11.6 Å². The van der Waals surface area contributed by atoms with Crippen LogP contribution in [0.15, 0.2) is 11.4 Å². The van der Waals surface area contributed by atoms with E-state index in [1.165, 1.54) is 11.3 Å². The molecule has 76 valence electrons. The number of likely N-dealkylation sites (tertiary alicyclic amines) is 1. The SMILES string of the molecule is CC1CCCN1C(=O)c1sccc1Cl. The van der Waals surface area contributed by atoms with Gasteiger partial charge < -0.3 is 4.90 Å². The Morgan fingerprint density at radius 2 is 2.50 bits per heavy atom. The largest absolute Gasteiger partial charge is 0.335 e. The molecule has 0 N–H and O–H groups in total. The van der Waals surface area contributed by atoms with Crippen LogP contribution < -0.4 is 0 Å². The molecule has 1 aromatic rings. The zero-order valence-corrected chi connectivity index (χ0v) is 9.57. The molecule has 1 fully saturated rings. The average molecular weight is 230 g/mol. The first kappa shape index (κ1) is 9.99. The topological polar surface area (TPSA) is 20.3 Å². The Balaban J connectivity index is 2.20. The maximum atomic E-state index is 12.0. The standard InChI is InChI=1S/C10H12ClNOS/c1-7-3-2-5-12(7)10(13)9-8(11)4-6-14-9/h4,6-7H,2-3,5H2,1H3. The first-order valence-corrected chi connectivity index (χ1v) is 6.00. The minimum Gasteiger partial charge on any atom is -0.335 e. The first-order valence-electron chi connectivity index (χ1n) is 4.74. The van der Waals surface area contributed by atoms with E-state index in [0.29, 0.717) is 15.9 Å². The van der Waals surface area contributed by atoms with Gasteiger partial charge in [0.15, 0.2) is 0 Å². The summed E-state index contributed by atoms with van der Waals surface area (Å²) in [5, 5.41) is 2.44. The van der Waals surface area contributed by atoms with Crippen LogP contribution >= 0.6 is 22.9 Å². The van der Waals surface area contributed by atoms with Crippen molar-refractivity contribution in [2.24, 2.45) is 0 Å². The summed E-state index contributed by atoms with van der Waals surface area (Å²) in [6.07, 6.45) is 2.21. The van der Waals surface area contributed by atoms with Crippen molar-refractivity contribution in [3.63, 3.8) is 0 Å². The zero-order valence-electron chi connectivity index (χ0n) is 8.00. The number of nitrogens with zero attached hydrogens (tertiary/aromatic N) is 1. The van der Waals surface area contributed by atoms with Crippen molar-refractivity contribution in [2.75, 3.05) is 6.54 Å². The van der Waals surface area contributed by atoms with Gasteiger partial charge in [0.2, 0.25) is 0 Å². The van der Waals surface area contributed by atoms with E-state index in [2.05, 4.69) is 6.92 Å². The molecule has 2 nitrogen and oxygen atoms in total. The number of thiophene rings is 1. The van der Waals surface area contributed by atoms with Gasteiger partial charge in [0.25, 0.3) is 5.91 Å². The molecule has 4 heteroatoms. The van der Waals surface area contributed by atoms with Gasteiger partial charge in [-0.3, -0.25) is 4.79 Å². The van der Waals surface area contributed by atoms with Gasteiger partial charge in [-0.05, 0) is 31.2 Å². The Kier molecular flexibility index (Phi) is 2.79. The molecule has 0 bridgehead atoms. The molecule has 2 rings (SSSR count). The molecular weight excluding hydrogens is 218 g/mol. The minimum absolute atomic E-state index is 0.0926. The second kappa shape index (κ2) is 3.91. The molecule has 1 amide bonds. The Hall–Kier alpha value is -0.540. The van der Waals surface area contributed by atoms with Gasteiger partial charge in [-0.2, -0.15) is 0 Å². The van der Waals surface area contributed by atoms with Gasteiger partial charge in [-0.15, -0.1) is 11.3 Å². The third kappa shape index (κ3) is 1.66. The second-order valence-corrected chi connectivity index (χ2v) is 4.91. The number of hydrogen-bond acceptors (Lipinski definition) is 2. The summed E-state index contributed by atoms with van der Waals surface area (Å²) in [6, 6.07) is 2.14. The molecule has 2 heterocycles. The number of carbonyl (C=O) groups is 1. The van der Waals surface area contributed by atoms with Crippen LogP contribution in [0.4, 0.5) is 0 Å². The highest BCUT2D eigenvalue weighted by Gasteiger charge is 2.27. The molecule has 1 unspecified atom stereocenters. The lowest BCUT2D eigenvalue weighted by molar-refractivity contribution is 0.0752. The minimum atomic E-state index is 0.0926. The average Bonchev–Trinajstić information content (AvgIpc) is 2.73. The van der Waals surface area contributed by atoms with Crippen LogP contribution in [-0.2, 0) is 0 Å². The molecule has 1 aliphatic rings. The maximum absolute atomic E-state index is 12.0. The lowest BCUT2D eigenvalue weighted by Gasteiger charge is -2.20. The maximum Gasteiger partial charge on any atom is 0.265 e. The van der Waals surface area contributed by atoms with E-state index in [0.717, 1.165) is 19.4 Å². The van der Waals surface area contributed by atoms with E-state index in [-0.39, 0.29) is 5.91 Å². The van der Waals surface area contributed by atoms with Crippen molar-refractivity contribution >= 4 is 28.8 Å². The van der Waals surface area contributed by atoms with E-state index >= 15 is 0 Å². The van der Waals surface area contributed by atoms with Crippen LogP contribution in [0.1, 0.15) is 29.4 Å². The van der Waals surface area contributed by atoms with Crippen LogP contribution in [0.2, 0.25) is 5.02 Å². The summed E-state index contributed by atoms with van der Waals surface area (Å²) in [6.45, 7) is 2.96. The predicted molar refractivity (Wildman–Crippen MR) is 59.1 cm³/mol. The second-order valence-electron chi connectivity index (χ2n) is 3.59. The molecule has 1 saturated heterocycles. The molecule has 1 atom stereocenters. The Morgan fingerprint density at radius 3 is 3.00 bits per heavy atom. The van der Waals surface area contributed by atoms with Crippen molar-refractivity contribution in [1.82, 2.24) is 4.90 Å². The van der Waals surface area contributed by atoms with Crippen LogP contribution in [-0.4, -0.2) is 23.4 Å². The Morgan fingerprint density at radius 1 is 1.71 bits per heavy atom. The highest BCUT2D eigenvalue weighted by molar-refractivity contribution is 7.12. The van der Waals surface area contributed by atoms with Crippen LogP contribution in [0.25, 0.3) is 0 Å². The van der Waals surface area contributed by atoms with Gasteiger partial charge >= 0.3 is 0 Å². The van der Waals surface area contributed by atoms with Crippen LogP contribution in [0, 0.1) is 0 Å². The molecule has 1 aliphatic heterocycles. The van der Waals surface area contributed by atoms with Gasteiger partial charge in [-0.25, -0.2) is 0 Å². The number of amides is 1. The zero-order chi connectivity index (χ0) is 10.1. The molecule has 0 saturated carbocycles. The summed E-state index contributed by atoms with van der Waals surface area (Å²) < 4.78 is 0. The van der Waals surface area contributed by atoms with Gasteiger partial charge in [0.1, 0.15) is 4.88 Å². The number of hydrogen-bond donors (Lipinski definition) is 0. The molecule has 0 aromatic carbocycles. The summed E-state index contributed by atoms with van der Waals surface area (Å²) in [5.41, 5.74) is 0. The number of rotatable bonds is 1. The van der Waals surface area contributed by atoms with E-state index in [4.69, 9.17) is 11.6 Å². The number of carbonyl (C=O) groups excluding carboxylic acids is 1. The number of halogens is 1. The van der Waals surface area contributed by atoms with Crippen molar-refractivity contribution < 1.29 is 4.79 Å². The first-order chi connectivity index (χ1) is 6.70. The lowest BCUT2D eigenvalue weighted by atomic mass is 10.2. The van der Waals surface area contributed by atoms with Crippen LogP contribution in [0.5, 0.6) is 0 Å². The monoisotopic (exact) mass is 229 g/mol. The van der Waals surface area contributed by atoms with E-state index in [1.54, 1.807) is 6.07 Å². The Bertz CT molecular complexity index is 350. The van der Waals surface area contributed by atoms with Crippen molar-refractivity contribution in [2.45, 2.75) is 25.8 Å². The highest BCUT2D eigenvalue weighted by atomic mass is 35.5. The summed E-state index contributed by atoms with van der Waals surface area (Å²) >= 11 is 7.35. The predicted octanol–water partition coefficient (Wildman–Crippen LogP) is 3.03. The molecular formula is C10H12ClNOS. The summed E-state index contributed by atoms with van der Waals surface area (Å²) in [5.74, 6) is 0.0926. The van der Waals surface area contributed by atoms with Gasteiger partial charge in [0, 0.05) is 12.6 Å². The quantitative estimate of drug-likeness (QED) is 0.725. The fourth-order valence-electron chi connectivity index (χ4n) is 1.81. The Labute approximate surface area is 92.5 Å². The fraction of sp³-hybridized carbons (Fsp3) is 0.500. The molecule has 0 aliphatic carbocycles. The molecule has 14 heavy (non-hydrogen) atoms. The fourth-order valence-corrected chi connectivity index (χ4v) is 2.90. The van der Waals surface area contributed by atoms with E-state index in [9.17, 15) is 4.79 Å². The summed E-state index contributed by atoms with van der Waals surface area (Å²) in [7, 11) is 0. The third-order valence-electron chi connectivity index (χ3n) is 2.63. The van der Waals surface area contributed by atoms with E-state index < -0.39 is 0 Å². The molecule has 1 aromatic heterocycles. The lowest BCUT2D eigenvalue weighted by Crippen LogP contribution is -2.33. The molecule has 0 spiro atoms.